The third-order valence-corrected chi connectivity index (χ3v) is 10.0. The van der Waals surface area contributed by atoms with E-state index in [4.69, 9.17) is 0 Å². The summed E-state index contributed by atoms with van der Waals surface area (Å²) in [5, 5.41) is 3.39. The van der Waals surface area contributed by atoms with Crippen molar-refractivity contribution in [1.29, 1.82) is 0 Å². The molecule has 1 fully saturated rings. The predicted octanol–water partition coefficient (Wildman–Crippen LogP) is 4.77. The maximum absolute atomic E-state index is 14.5. The molecule has 0 bridgehead atoms. The van der Waals surface area contributed by atoms with Crippen LogP contribution in [0.3, 0.4) is 0 Å². The molecule has 1 saturated heterocycles. The van der Waals surface area contributed by atoms with Gasteiger partial charge in [-0.1, -0.05) is 18.2 Å². The molecular weight excluding hydrogens is 558 g/mol. The smallest absolute Gasteiger partial charge is 0.351 e. The minimum Gasteiger partial charge on any atom is -0.351 e. The van der Waals surface area contributed by atoms with E-state index >= 15 is 0 Å². The number of hydrogen-bond donors (Lipinski definition) is 1. The monoisotopic (exact) mass is 579 g/mol. The summed E-state index contributed by atoms with van der Waals surface area (Å²) in [5.41, 5.74) is 0.247. The number of pyridine rings is 1. The van der Waals surface area contributed by atoms with Gasteiger partial charge in [-0.25, -0.2) is 22.8 Å². The number of carbonyl (C=O) groups is 1. The lowest BCUT2D eigenvalue weighted by Crippen LogP contribution is -2.47. The number of halogens is 4. The molecule has 14 heteroatoms. The first-order valence-electron chi connectivity index (χ1n) is 11.8. The minimum absolute atomic E-state index is 0.0122. The van der Waals surface area contributed by atoms with Gasteiger partial charge in [0.05, 0.1) is 11.9 Å². The van der Waals surface area contributed by atoms with Crippen molar-refractivity contribution in [3.8, 4) is 11.3 Å². The SMILES string of the molecule is C[C@H]1CC[C@@H](C(=O)NCc2cc(-c3cnc(C(F)(F)F)nc3)ncc2F)N1S(=O)(=O)c1cc2ccccc2s1. The molecule has 1 aliphatic rings. The lowest BCUT2D eigenvalue weighted by Gasteiger charge is -2.26. The molecule has 0 aliphatic carbocycles. The van der Waals surface area contributed by atoms with Crippen LogP contribution in [-0.4, -0.2) is 45.7 Å². The molecule has 1 N–H and O–H groups in total. The summed E-state index contributed by atoms with van der Waals surface area (Å²) >= 11 is 1.13. The summed E-state index contributed by atoms with van der Waals surface area (Å²) in [6.07, 6.45) is -1.21. The van der Waals surface area contributed by atoms with Crippen LogP contribution in [0.2, 0.25) is 0 Å². The molecular formula is C25H21F4N5O3S2. The summed E-state index contributed by atoms with van der Waals surface area (Å²) < 4.78 is 82.0. The van der Waals surface area contributed by atoms with E-state index in [2.05, 4.69) is 20.3 Å². The number of aromatic nitrogens is 3. The van der Waals surface area contributed by atoms with Gasteiger partial charge in [-0.3, -0.25) is 9.78 Å². The second-order valence-corrected chi connectivity index (χ2v) is 12.2. The average molecular weight is 580 g/mol. The van der Waals surface area contributed by atoms with Gasteiger partial charge in [0.2, 0.25) is 11.7 Å². The Bertz CT molecular complexity index is 1610. The average Bonchev–Trinajstić information content (AvgIpc) is 3.52. The predicted molar refractivity (Wildman–Crippen MR) is 135 cm³/mol. The van der Waals surface area contributed by atoms with Crippen LogP contribution in [0.5, 0.6) is 0 Å². The first-order chi connectivity index (χ1) is 18.4. The highest BCUT2D eigenvalue weighted by atomic mass is 32.2. The van der Waals surface area contributed by atoms with E-state index in [1.54, 1.807) is 13.0 Å². The van der Waals surface area contributed by atoms with Crippen LogP contribution in [0.15, 0.2) is 59.2 Å². The van der Waals surface area contributed by atoms with Crippen LogP contribution in [0.25, 0.3) is 21.3 Å². The summed E-state index contributed by atoms with van der Waals surface area (Å²) in [7, 11) is -3.98. The van der Waals surface area contributed by atoms with Crippen LogP contribution in [0, 0.1) is 5.82 Å². The Morgan fingerprint density at radius 2 is 1.82 bits per heavy atom. The molecule has 4 heterocycles. The Balaban J connectivity index is 1.33. The Labute approximate surface area is 224 Å². The van der Waals surface area contributed by atoms with Crippen molar-refractivity contribution >= 4 is 37.4 Å². The summed E-state index contributed by atoms with van der Waals surface area (Å²) in [4.78, 5) is 23.6. The summed E-state index contributed by atoms with van der Waals surface area (Å²) in [6.45, 7) is 1.45. The second-order valence-electron chi connectivity index (χ2n) is 9.05. The molecule has 0 saturated carbocycles. The highest BCUT2D eigenvalue weighted by molar-refractivity contribution is 7.91. The van der Waals surface area contributed by atoms with Gasteiger partial charge in [0.25, 0.3) is 10.0 Å². The van der Waals surface area contributed by atoms with E-state index in [1.165, 1.54) is 10.4 Å². The van der Waals surface area contributed by atoms with Gasteiger partial charge in [-0.2, -0.15) is 17.5 Å². The molecule has 8 nitrogen and oxygen atoms in total. The molecule has 39 heavy (non-hydrogen) atoms. The van der Waals surface area contributed by atoms with Crippen LogP contribution in [0.1, 0.15) is 31.2 Å². The highest BCUT2D eigenvalue weighted by Crippen LogP contribution is 2.36. The van der Waals surface area contributed by atoms with Crippen molar-refractivity contribution in [3.05, 3.63) is 72.2 Å². The van der Waals surface area contributed by atoms with Crippen molar-refractivity contribution in [2.45, 2.75) is 48.8 Å². The fourth-order valence-corrected chi connectivity index (χ4v) is 7.82. The maximum Gasteiger partial charge on any atom is 0.451 e. The normalized spacial score (nSPS) is 18.5. The topological polar surface area (TPSA) is 105 Å². The molecule has 204 valence electrons. The second kappa shape index (κ2) is 10.2. The van der Waals surface area contributed by atoms with E-state index in [-0.39, 0.29) is 27.6 Å². The zero-order valence-corrected chi connectivity index (χ0v) is 21.9. The van der Waals surface area contributed by atoms with Crippen molar-refractivity contribution < 1.29 is 30.8 Å². The first kappa shape index (κ1) is 27.1. The van der Waals surface area contributed by atoms with E-state index < -0.39 is 45.8 Å². The van der Waals surface area contributed by atoms with Crippen molar-refractivity contribution in [1.82, 2.24) is 24.6 Å². The first-order valence-corrected chi connectivity index (χ1v) is 14.0. The van der Waals surface area contributed by atoms with Crippen molar-refractivity contribution in [2.24, 2.45) is 0 Å². The number of benzene rings is 1. The number of nitrogens with one attached hydrogen (secondary N) is 1. The van der Waals surface area contributed by atoms with Gasteiger partial charge in [-0.05, 0) is 43.4 Å². The quantitative estimate of drug-likeness (QED) is 0.330. The molecule has 0 radical (unpaired) electrons. The zero-order valence-electron chi connectivity index (χ0n) is 20.3. The number of amides is 1. The third kappa shape index (κ3) is 5.36. The third-order valence-electron chi connectivity index (χ3n) is 6.43. The number of sulfonamides is 1. The van der Waals surface area contributed by atoms with Gasteiger partial charge in [0.1, 0.15) is 16.1 Å². The van der Waals surface area contributed by atoms with Crippen molar-refractivity contribution in [2.75, 3.05) is 0 Å². The Kier molecular flexibility index (Phi) is 7.11. The summed E-state index contributed by atoms with van der Waals surface area (Å²) in [6, 6.07) is 8.73. The molecule has 0 unspecified atom stereocenters. The van der Waals surface area contributed by atoms with Crippen LogP contribution in [-0.2, 0) is 27.5 Å². The van der Waals surface area contributed by atoms with E-state index in [1.807, 2.05) is 24.3 Å². The molecule has 2 atom stereocenters. The van der Waals surface area contributed by atoms with Crippen LogP contribution >= 0.6 is 11.3 Å². The fraction of sp³-hybridized carbons (Fsp3) is 0.280. The van der Waals surface area contributed by atoms with Gasteiger partial charge >= 0.3 is 6.18 Å². The van der Waals surface area contributed by atoms with E-state index in [9.17, 15) is 30.8 Å². The number of alkyl halides is 3. The Morgan fingerprint density at radius 1 is 1.10 bits per heavy atom. The molecule has 0 spiro atoms. The Hall–Kier alpha value is -3.49. The van der Waals surface area contributed by atoms with E-state index in [0.717, 1.165) is 40.0 Å². The van der Waals surface area contributed by atoms with Gasteiger partial charge in [-0.15, -0.1) is 11.3 Å². The zero-order chi connectivity index (χ0) is 27.9. The lowest BCUT2D eigenvalue weighted by molar-refractivity contribution is -0.145. The number of fused-ring (bicyclic) bond motifs is 1. The number of rotatable bonds is 6. The van der Waals surface area contributed by atoms with E-state index in [0.29, 0.717) is 12.8 Å². The lowest BCUT2D eigenvalue weighted by atomic mass is 10.1. The minimum atomic E-state index is -4.71. The number of thiophene rings is 1. The molecule has 1 amide bonds. The maximum atomic E-state index is 14.5. The van der Waals surface area contributed by atoms with Crippen LogP contribution < -0.4 is 5.32 Å². The fourth-order valence-electron chi connectivity index (χ4n) is 4.48. The Morgan fingerprint density at radius 3 is 2.51 bits per heavy atom. The van der Waals surface area contributed by atoms with Crippen molar-refractivity contribution in [3.63, 3.8) is 0 Å². The van der Waals surface area contributed by atoms with Gasteiger partial charge in [0.15, 0.2) is 0 Å². The molecule has 3 aromatic heterocycles. The molecule has 5 rings (SSSR count). The molecule has 1 aromatic carbocycles. The molecule has 1 aliphatic heterocycles. The standard InChI is InChI=1S/C25H21F4N5O3S2/c1-14-6-7-20(34(14)39(36,37)22-9-15-4-2-3-5-21(15)38-22)23(35)31-10-16-8-19(30-13-18(16)26)17-11-32-24(33-12-17)25(27,28)29/h2-5,8-9,11-14,20H,6-7,10H2,1H3,(H,31,35)/t14-,20-/m0/s1. The largest absolute Gasteiger partial charge is 0.451 e. The van der Waals surface area contributed by atoms with Gasteiger partial charge < -0.3 is 5.32 Å². The van der Waals surface area contributed by atoms with Gasteiger partial charge in [0, 0.05) is 40.8 Å². The van der Waals surface area contributed by atoms with Crippen LogP contribution in [0.4, 0.5) is 17.6 Å². The number of carbonyl (C=O) groups excluding carboxylic acids is 1. The number of nitrogens with zero attached hydrogens (tertiary/aromatic N) is 4. The summed E-state index contributed by atoms with van der Waals surface area (Å²) in [5.74, 6) is -2.65. The molecule has 4 aromatic rings. The number of hydrogen-bond acceptors (Lipinski definition) is 7. The highest BCUT2D eigenvalue weighted by Gasteiger charge is 2.44.